The van der Waals surface area contributed by atoms with Crippen LogP contribution in [0.2, 0.25) is 0 Å². The van der Waals surface area contributed by atoms with Gasteiger partial charge in [-0.2, -0.15) is 0 Å². The molecular formula is C58H41NS. The molecule has 2 heteroatoms. The highest BCUT2D eigenvalue weighted by atomic mass is 32.1. The molecule has 1 nitrogen and oxygen atoms in total. The van der Waals surface area contributed by atoms with E-state index in [4.69, 9.17) is 0 Å². The first kappa shape index (κ1) is 35.0. The number of anilines is 3. The fourth-order valence-electron chi connectivity index (χ4n) is 10.6. The fraction of sp³-hybridized carbons (Fsp3) is 0.0690. The van der Waals surface area contributed by atoms with Gasteiger partial charge in [-0.05, 0) is 121 Å². The largest absolute Gasteiger partial charge is 0.310 e. The lowest BCUT2D eigenvalue weighted by molar-refractivity contribution is 0.660. The minimum absolute atomic E-state index is 0.117. The van der Waals surface area contributed by atoms with E-state index in [1.165, 1.54) is 86.9 Å². The second-order valence-electron chi connectivity index (χ2n) is 16.8. The van der Waals surface area contributed by atoms with E-state index in [-0.39, 0.29) is 5.41 Å². The van der Waals surface area contributed by atoms with Gasteiger partial charge in [0.15, 0.2) is 0 Å². The zero-order valence-electron chi connectivity index (χ0n) is 33.6. The number of thiophene rings is 1. The molecule has 0 spiro atoms. The van der Waals surface area contributed by atoms with Gasteiger partial charge in [-0.25, -0.2) is 0 Å². The van der Waals surface area contributed by atoms with Gasteiger partial charge in [0.2, 0.25) is 0 Å². The lowest BCUT2D eigenvalue weighted by atomic mass is 9.67. The molecule has 1 aromatic heterocycles. The van der Waals surface area contributed by atoms with Gasteiger partial charge in [-0.15, -0.1) is 11.3 Å². The Labute approximate surface area is 355 Å². The molecule has 10 aromatic rings. The molecule has 284 valence electrons. The van der Waals surface area contributed by atoms with Crippen LogP contribution in [0.1, 0.15) is 47.2 Å². The molecule has 0 N–H and O–H groups in total. The first-order valence-electron chi connectivity index (χ1n) is 20.9. The third-order valence-corrected chi connectivity index (χ3v) is 14.5. The van der Waals surface area contributed by atoms with Crippen LogP contribution < -0.4 is 4.90 Å². The summed E-state index contributed by atoms with van der Waals surface area (Å²) in [6, 6.07) is 79.3. The van der Waals surface area contributed by atoms with Crippen LogP contribution in [0.15, 0.2) is 212 Å². The Morgan fingerprint density at radius 3 is 1.65 bits per heavy atom. The van der Waals surface area contributed by atoms with Gasteiger partial charge >= 0.3 is 0 Å². The SMILES string of the molecule is CC1(C)c2ccccc2-c2ccc(N(c3ccc(C4(c5ccc6sc7ccccc7c6c5)c5ccccc5-c5ccccc54)cc3)c3cccc(-c4ccccc4)c3)cc21. The molecular weight excluding hydrogens is 743 g/mol. The summed E-state index contributed by atoms with van der Waals surface area (Å²) in [4.78, 5) is 2.45. The Balaban J connectivity index is 1.07. The molecule has 0 aliphatic heterocycles. The Hall–Kier alpha value is -7.00. The van der Waals surface area contributed by atoms with E-state index in [2.05, 4.69) is 231 Å². The van der Waals surface area contributed by atoms with E-state index in [0.29, 0.717) is 0 Å². The zero-order valence-corrected chi connectivity index (χ0v) is 34.4. The van der Waals surface area contributed by atoms with E-state index in [0.717, 1.165) is 17.1 Å². The van der Waals surface area contributed by atoms with Crippen molar-refractivity contribution in [2.24, 2.45) is 0 Å². The molecule has 0 bridgehead atoms. The molecule has 0 unspecified atom stereocenters. The molecule has 2 aliphatic carbocycles. The van der Waals surface area contributed by atoms with E-state index < -0.39 is 5.41 Å². The molecule has 60 heavy (non-hydrogen) atoms. The van der Waals surface area contributed by atoms with Crippen LogP contribution in [-0.4, -0.2) is 0 Å². The highest BCUT2D eigenvalue weighted by Crippen LogP contribution is 2.57. The standard InChI is InChI=1S/C58H41NS/c1-57(2)51-23-10-6-19-45(51)48-33-32-44(37-54(48)57)59(43-18-14-17-39(35-43)38-15-4-3-5-16-38)42-30-27-40(28-31-42)58(52-24-11-7-20-46(52)47-21-8-12-25-53(47)58)41-29-34-56-50(36-41)49-22-9-13-26-55(49)60-56/h3-37H,1-2H3. The molecule has 0 atom stereocenters. The highest BCUT2D eigenvalue weighted by molar-refractivity contribution is 7.25. The van der Waals surface area contributed by atoms with Crippen molar-refractivity contribution in [1.82, 2.24) is 0 Å². The zero-order chi connectivity index (χ0) is 40.0. The molecule has 12 rings (SSSR count). The summed E-state index contributed by atoms with van der Waals surface area (Å²) in [5, 5.41) is 2.63. The second-order valence-corrected chi connectivity index (χ2v) is 17.9. The van der Waals surface area contributed by atoms with Gasteiger partial charge in [0.25, 0.3) is 0 Å². The predicted molar refractivity (Wildman–Crippen MR) is 254 cm³/mol. The minimum atomic E-state index is -0.510. The van der Waals surface area contributed by atoms with E-state index in [1.54, 1.807) is 0 Å². The van der Waals surface area contributed by atoms with Crippen molar-refractivity contribution in [2.45, 2.75) is 24.7 Å². The van der Waals surface area contributed by atoms with Crippen molar-refractivity contribution in [1.29, 1.82) is 0 Å². The molecule has 2 aliphatic rings. The maximum absolute atomic E-state index is 2.48. The van der Waals surface area contributed by atoms with Gasteiger partial charge in [0.05, 0.1) is 5.41 Å². The summed E-state index contributed by atoms with van der Waals surface area (Å²) in [5.41, 5.74) is 18.4. The average Bonchev–Trinajstić information content (AvgIpc) is 3.91. The molecule has 0 radical (unpaired) electrons. The topological polar surface area (TPSA) is 3.24 Å². The summed E-state index contributed by atoms with van der Waals surface area (Å²) >= 11 is 1.88. The normalized spacial score (nSPS) is 14.1. The van der Waals surface area contributed by atoms with Crippen LogP contribution in [0, 0.1) is 0 Å². The maximum atomic E-state index is 2.48. The number of rotatable bonds is 6. The van der Waals surface area contributed by atoms with E-state index >= 15 is 0 Å². The number of fused-ring (bicyclic) bond motifs is 9. The van der Waals surface area contributed by atoms with Crippen LogP contribution in [0.5, 0.6) is 0 Å². The Morgan fingerprint density at radius 2 is 0.900 bits per heavy atom. The van der Waals surface area contributed by atoms with Gasteiger partial charge in [-0.1, -0.05) is 172 Å². The first-order chi connectivity index (χ1) is 29.5. The molecule has 9 aromatic carbocycles. The Morgan fingerprint density at radius 1 is 0.350 bits per heavy atom. The second kappa shape index (κ2) is 13.3. The number of hydrogen-bond donors (Lipinski definition) is 0. The Bertz CT molecular complexity index is 3250. The van der Waals surface area contributed by atoms with Gasteiger partial charge in [0.1, 0.15) is 0 Å². The lowest BCUT2D eigenvalue weighted by Gasteiger charge is -2.35. The minimum Gasteiger partial charge on any atom is -0.310 e. The maximum Gasteiger partial charge on any atom is 0.0713 e. The van der Waals surface area contributed by atoms with Gasteiger partial charge < -0.3 is 4.90 Å². The van der Waals surface area contributed by atoms with E-state index in [9.17, 15) is 0 Å². The quantitative estimate of drug-likeness (QED) is 0.162. The molecule has 0 amide bonds. The first-order valence-corrected chi connectivity index (χ1v) is 21.7. The van der Waals surface area contributed by atoms with Crippen LogP contribution in [0.4, 0.5) is 17.1 Å². The van der Waals surface area contributed by atoms with Gasteiger partial charge in [-0.3, -0.25) is 0 Å². The lowest BCUT2D eigenvalue weighted by Crippen LogP contribution is -2.28. The van der Waals surface area contributed by atoms with Gasteiger partial charge in [0, 0.05) is 42.6 Å². The van der Waals surface area contributed by atoms with Crippen molar-refractivity contribution < 1.29 is 0 Å². The van der Waals surface area contributed by atoms with Crippen molar-refractivity contribution in [2.75, 3.05) is 4.90 Å². The van der Waals surface area contributed by atoms with Crippen LogP contribution in [0.3, 0.4) is 0 Å². The van der Waals surface area contributed by atoms with Crippen molar-refractivity contribution in [3.8, 4) is 33.4 Å². The van der Waals surface area contributed by atoms with Crippen molar-refractivity contribution in [3.05, 3.63) is 246 Å². The summed E-state index contributed by atoms with van der Waals surface area (Å²) in [6.07, 6.45) is 0. The van der Waals surface area contributed by atoms with Crippen LogP contribution in [0.25, 0.3) is 53.6 Å². The summed E-state index contributed by atoms with van der Waals surface area (Å²) < 4.78 is 2.64. The van der Waals surface area contributed by atoms with Crippen LogP contribution in [-0.2, 0) is 10.8 Å². The Kier molecular flexibility index (Phi) is 7.73. The molecule has 0 saturated heterocycles. The number of nitrogens with zero attached hydrogens (tertiary/aromatic N) is 1. The highest BCUT2D eigenvalue weighted by Gasteiger charge is 2.46. The summed E-state index contributed by atoms with van der Waals surface area (Å²) in [5.74, 6) is 0. The fourth-order valence-corrected chi connectivity index (χ4v) is 11.7. The summed E-state index contributed by atoms with van der Waals surface area (Å²) in [7, 11) is 0. The predicted octanol–water partition coefficient (Wildman–Crippen LogP) is 15.9. The average molecular weight is 784 g/mol. The molecule has 0 saturated carbocycles. The van der Waals surface area contributed by atoms with Crippen molar-refractivity contribution in [3.63, 3.8) is 0 Å². The monoisotopic (exact) mass is 783 g/mol. The van der Waals surface area contributed by atoms with E-state index in [1.807, 2.05) is 11.3 Å². The molecule has 1 heterocycles. The number of hydrogen-bond acceptors (Lipinski definition) is 2. The smallest absolute Gasteiger partial charge is 0.0713 e. The van der Waals surface area contributed by atoms with Crippen LogP contribution >= 0.6 is 11.3 Å². The van der Waals surface area contributed by atoms with Crippen molar-refractivity contribution >= 4 is 48.6 Å². The third-order valence-electron chi connectivity index (χ3n) is 13.4. The summed E-state index contributed by atoms with van der Waals surface area (Å²) in [6.45, 7) is 4.73. The molecule has 0 fully saturated rings. The number of benzene rings is 9. The third kappa shape index (κ3) is 5.04.